The molecule has 1 aliphatic carbocycles. The van der Waals surface area contributed by atoms with Crippen molar-refractivity contribution in [2.24, 2.45) is 5.92 Å². The highest BCUT2D eigenvalue weighted by molar-refractivity contribution is 5.69. The van der Waals surface area contributed by atoms with Crippen LogP contribution < -0.4 is 0 Å². The van der Waals surface area contributed by atoms with E-state index in [-0.39, 0.29) is 11.9 Å². The van der Waals surface area contributed by atoms with Gasteiger partial charge < -0.3 is 14.2 Å². The van der Waals surface area contributed by atoms with Gasteiger partial charge in [0.25, 0.3) is 0 Å². The van der Waals surface area contributed by atoms with E-state index in [4.69, 9.17) is 14.2 Å². The number of hydrogen-bond donors (Lipinski definition) is 0. The third-order valence-electron chi connectivity index (χ3n) is 3.44. The Hall–Kier alpha value is -0.610. The third kappa shape index (κ3) is 2.38. The SMILES string of the molecule is CCOC(=O)C[C@@H]1CCCCC12OCCO2. The van der Waals surface area contributed by atoms with Crippen molar-refractivity contribution in [1.29, 1.82) is 0 Å². The second-order valence-corrected chi connectivity index (χ2v) is 4.46. The lowest BCUT2D eigenvalue weighted by Gasteiger charge is -2.38. The van der Waals surface area contributed by atoms with E-state index in [1.54, 1.807) is 0 Å². The summed E-state index contributed by atoms with van der Waals surface area (Å²) in [5, 5.41) is 0. The highest BCUT2D eigenvalue weighted by Crippen LogP contribution is 2.42. The predicted octanol–water partition coefficient (Wildman–Crippen LogP) is 1.87. The molecule has 1 aliphatic heterocycles. The molecule has 16 heavy (non-hydrogen) atoms. The van der Waals surface area contributed by atoms with Gasteiger partial charge in [0.15, 0.2) is 5.79 Å². The Morgan fingerprint density at radius 3 is 2.81 bits per heavy atom. The molecule has 0 N–H and O–H groups in total. The van der Waals surface area contributed by atoms with Gasteiger partial charge in [-0.05, 0) is 19.8 Å². The molecule has 0 amide bonds. The van der Waals surface area contributed by atoms with Gasteiger partial charge in [-0.25, -0.2) is 0 Å². The first-order valence-corrected chi connectivity index (χ1v) is 6.20. The molecule has 4 nitrogen and oxygen atoms in total. The van der Waals surface area contributed by atoms with Crippen molar-refractivity contribution in [2.75, 3.05) is 19.8 Å². The van der Waals surface area contributed by atoms with Gasteiger partial charge in [-0.3, -0.25) is 4.79 Å². The maximum absolute atomic E-state index is 11.5. The van der Waals surface area contributed by atoms with Gasteiger partial charge in [0.1, 0.15) is 0 Å². The summed E-state index contributed by atoms with van der Waals surface area (Å²) in [6.07, 6.45) is 4.61. The Labute approximate surface area is 96.2 Å². The second kappa shape index (κ2) is 5.15. The molecule has 1 saturated heterocycles. The Balaban J connectivity index is 1.96. The lowest BCUT2D eigenvalue weighted by atomic mass is 9.81. The van der Waals surface area contributed by atoms with Crippen LogP contribution in [0.5, 0.6) is 0 Å². The smallest absolute Gasteiger partial charge is 0.306 e. The van der Waals surface area contributed by atoms with Crippen LogP contribution in [-0.2, 0) is 19.0 Å². The zero-order chi connectivity index (χ0) is 11.4. The summed E-state index contributed by atoms with van der Waals surface area (Å²) in [5.41, 5.74) is 0. The van der Waals surface area contributed by atoms with Crippen molar-refractivity contribution in [1.82, 2.24) is 0 Å². The van der Waals surface area contributed by atoms with Crippen LogP contribution in [0.3, 0.4) is 0 Å². The van der Waals surface area contributed by atoms with E-state index >= 15 is 0 Å². The molecule has 0 unspecified atom stereocenters. The van der Waals surface area contributed by atoms with E-state index < -0.39 is 5.79 Å². The molecule has 1 spiro atoms. The molecular weight excluding hydrogens is 208 g/mol. The highest BCUT2D eigenvalue weighted by Gasteiger charge is 2.46. The molecule has 92 valence electrons. The zero-order valence-electron chi connectivity index (χ0n) is 9.87. The number of rotatable bonds is 3. The Morgan fingerprint density at radius 2 is 2.12 bits per heavy atom. The molecule has 1 saturated carbocycles. The fourth-order valence-corrected chi connectivity index (χ4v) is 2.72. The minimum atomic E-state index is -0.481. The van der Waals surface area contributed by atoms with E-state index in [0.717, 1.165) is 25.7 Å². The van der Waals surface area contributed by atoms with Gasteiger partial charge in [0.05, 0.1) is 26.2 Å². The van der Waals surface area contributed by atoms with Gasteiger partial charge >= 0.3 is 5.97 Å². The number of esters is 1. The molecule has 2 aliphatic rings. The Morgan fingerprint density at radius 1 is 1.38 bits per heavy atom. The summed E-state index contributed by atoms with van der Waals surface area (Å²) in [4.78, 5) is 11.5. The van der Waals surface area contributed by atoms with Crippen LogP contribution in [0.2, 0.25) is 0 Å². The predicted molar refractivity (Wildman–Crippen MR) is 57.8 cm³/mol. The summed E-state index contributed by atoms with van der Waals surface area (Å²) >= 11 is 0. The van der Waals surface area contributed by atoms with Crippen LogP contribution in [0, 0.1) is 5.92 Å². The van der Waals surface area contributed by atoms with Crippen molar-refractivity contribution >= 4 is 5.97 Å². The summed E-state index contributed by atoms with van der Waals surface area (Å²) in [6.45, 7) is 3.58. The van der Waals surface area contributed by atoms with Crippen molar-refractivity contribution < 1.29 is 19.0 Å². The molecule has 0 aromatic carbocycles. The van der Waals surface area contributed by atoms with Gasteiger partial charge in [0, 0.05) is 12.3 Å². The van der Waals surface area contributed by atoms with Crippen LogP contribution in [0.25, 0.3) is 0 Å². The first-order chi connectivity index (χ1) is 7.77. The van der Waals surface area contributed by atoms with Crippen LogP contribution in [0.1, 0.15) is 39.0 Å². The number of carbonyl (C=O) groups excluding carboxylic acids is 1. The monoisotopic (exact) mass is 228 g/mol. The normalized spacial score (nSPS) is 28.2. The standard InChI is InChI=1S/C12H20O4/c1-2-14-11(13)9-10-5-3-4-6-12(10)15-7-8-16-12/h10H,2-9H2,1H3/t10-/m0/s1. The average molecular weight is 228 g/mol. The zero-order valence-corrected chi connectivity index (χ0v) is 9.87. The summed E-state index contributed by atoms with van der Waals surface area (Å²) in [6, 6.07) is 0. The average Bonchev–Trinajstić information content (AvgIpc) is 2.72. The third-order valence-corrected chi connectivity index (χ3v) is 3.44. The molecule has 0 radical (unpaired) electrons. The van der Waals surface area contributed by atoms with Gasteiger partial charge in [-0.2, -0.15) is 0 Å². The molecular formula is C12H20O4. The first-order valence-electron chi connectivity index (χ1n) is 6.20. The topological polar surface area (TPSA) is 44.8 Å². The number of carbonyl (C=O) groups is 1. The first kappa shape index (κ1) is 11.9. The highest BCUT2D eigenvalue weighted by atomic mass is 16.7. The van der Waals surface area contributed by atoms with Crippen LogP contribution in [0.4, 0.5) is 0 Å². The Bertz CT molecular complexity index is 245. The van der Waals surface area contributed by atoms with Crippen molar-refractivity contribution in [3.05, 3.63) is 0 Å². The molecule has 1 heterocycles. The molecule has 1 atom stereocenters. The van der Waals surface area contributed by atoms with Gasteiger partial charge in [-0.15, -0.1) is 0 Å². The minimum Gasteiger partial charge on any atom is -0.466 e. The van der Waals surface area contributed by atoms with E-state index in [1.807, 2.05) is 6.92 Å². The maximum atomic E-state index is 11.5. The molecule has 0 aromatic rings. The number of ether oxygens (including phenoxy) is 3. The van der Waals surface area contributed by atoms with Crippen LogP contribution in [0.15, 0.2) is 0 Å². The van der Waals surface area contributed by atoms with Crippen molar-refractivity contribution in [3.8, 4) is 0 Å². The lowest BCUT2D eigenvalue weighted by molar-refractivity contribution is -0.216. The second-order valence-electron chi connectivity index (χ2n) is 4.46. The molecule has 0 bridgehead atoms. The quantitative estimate of drug-likeness (QED) is 0.692. The van der Waals surface area contributed by atoms with Crippen LogP contribution >= 0.6 is 0 Å². The van der Waals surface area contributed by atoms with Crippen molar-refractivity contribution in [2.45, 2.75) is 44.8 Å². The lowest BCUT2D eigenvalue weighted by Crippen LogP contribution is -2.43. The van der Waals surface area contributed by atoms with Gasteiger partial charge in [-0.1, -0.05) is 6.42 Å². The number of hydrogen-bond acceptors (Lipinski definition) is 4. The fraction of sp³-hybridized carbons (Fsp3) is 0.917. The van der Waals surface area contributed by atoms with Crippen LogP contribution in [-0.4, -0.2) is 31.6 Å². The largest absolute Gasteiger partial charge is 0.466 e. The van der Waals surface area contributed by atoms with E-state index in [0.29, 0.717) is 26.2 Å². The molecule has 4 heteroatoms. The van der Waals surface area contributed by atoms with E-state index in [1.165, 1.54) is 0 Å². The summed E-state index contributed by atoms with van der Waals surface area (Å²) in [5.74, 6) is -0.443. The minimum absolute atomic E-state index is 0.132. The molecule has 2 fully saturated rings. The summed E-state index contributed by atoms with van der Waals surface area (Å²) in [7, 11) is 0. The Kier molecular flexibility index (Phi) is 3.82. The fourth-order valence-electron chi connectivity index (χ4n) is 2.72. The summed E-state index contributed by atoms with van der Waals surface area (Å²) < 4.78 is 16.5. The van der Waals surface area contributed by atoms with E-state index in [2.05, 4.69) is 0 Å². The van der Waals surface area contributed by atoms with E-state index in [9.17, 15) is 4.79 Å². The molecule has 2 rings (SSSR count). The maximum Gasteiger partial charge on any atom is 0.306 e. The van der Waals surface area contributed by atoms with Gasteiger partial charge in [0.2, 0.25) is 0 Å². The van der Waals surface area contributed by atoms with Crippen molar-refractivity contribution in [3.63, 3.8) is 0 Å². The molecule has 0 aromatic heterocycles.